The molecule has 1 N–H and O–H groups in total. The Labute approximate surface area is 149 Å². The molecule has 2 aromatic carbocycles. The maximum atomic E-state index is 12.8. The van der Waals surface area contributed by atoms with Crippen molar-refractivity contribution < 1.29 is 13.2 Å². The number of benzene rings is 2. The van der Waals surface area contributed by atoms with Gasteiger partial charge in [-0.3, -0.25) is 0 Å². The highest BCUT2D eigenvalue weighted by atomic mass is 19.4. The van der Waals surface area contributed by atoms with Crippen LogP contribution in [0, 0.1) is 0 Å². The molecule has 1 aliphatic heterocycles. The van der Waals surface area contributed by atoms with Crippen molar-refractivity contribution in [2.24, 2.45) is 0 Å². The lowest BCUT2D eigenvalue weighted by Crippen LogP contribution is -2.04. The van der Waals surface area contributed by atoms with Crippen LogP contribution in [0.5, 0.6) is 0 Å². The fraction of sp³-hybridized carbons (Fsp3) is 0.0909. The molecule has 0 unspecified atom stereocenters. The summed E-state index contributed by atoms with van der Waals surface area (Å²) in [6.07, 6.45) is 8.23. The summed E-state index contributed by atoms with van der Waals surface area (Å²) in [5.74, 6) is 0. The van der Waals surface area contributed by atoms with Gasteiger partial charge < -0.3 is 5.32 Å². The van der Waals surface area contributed by atoms with Crippen molar-refractivity contribution in [2.45, 2.75) is 12.6 Å². The van der Waals surface area contributed by atoms with Crippen LogP contribution >= 0.6 is 0 Å². The van der Waals surface area contributed by atoms with Crippen molar-refractivity contribution in [3.8, 4) is 0 Å². The summed E-state index contributed by atoms with van der Waals surface area (Å²) in [7, 11) is 0. The minimum absolute atomic E-state index is 0.621. The highest BCUT2D eigenvalue weighted by Crippen LogP contribution is 2.37. The van der Waals surface area contributed by atoms with Crippen LogP contribution in [0.25, 0.3) is 17.3 Å². The molecule has 0 radical (unpaired) electrons. The van der Waals surface area contributed by atoms with E-state index in [1.807, 2.05) is 36.6 Å². The first-order valence-corrected chi connectivity index (χ1v) is 8.33. The Morgan fingerprint density at radius 2 is 1.69 bits per heavy atom. The second kappa shape index (κ2) is 6.37. The van der Waals surface area contributed by atoms with E-state index < -0.39 is 11.7 Å². The number of hydrogen-bond donors (Lipinski definition) is 1. The average molecular weight is 351 g/mol. The van der Waals surface area contributed by atoms with Gasteiger partial charge in [0.05, 0.1) is 5.56 Å². The lowest BCUT2D eigenvalue weighted by molar-refractivity contribution is -0.137. The van der Waals surface area contributed by atoms with Gasteiger partial charge in [0.15, 0.2) is 0 Å². The predicted molar refractivity (Wildman–Crippen MR) is 98.9 cm³/mol. The van der Waals surface area contributed by atoms with Crippen molar-refractivity contribution in [1.29, 1.82) is 0 Å². The summed E-state index contributed by atoms with van der Waals surface area (Å²) in [5.41, 5.74) is 5.60. The van der Waals surface area contributed by atoms with Crippen molar-refractivity contribution >= 4 is 17.3 Å². The quantitative estimate of drug-likeness (QED) is 0.719. The van der Waals surface area contributed by atoms with E-state index in [4.69, 9.17) is 0 Å². The molecule has 0 bridgehead atoms. The molecular formula is C22H16F3N. The zero-order chi connectivity index (χ0) is 18.1. The van der Waals surface area contributed by atoms with E-state index in [0.29, 0.717) is 6.42 Å². The topological polar surface area (TPSA) is 12.0 Å². The third-order valence-electron chi connectivity index (χ3n) is 4.59. The van der Waals surface area contributed by atoms with Crippen LogP contribution in [0.3, 0.4) is 0 Å². The van der Waals surface area contributed by atoms with Crippen molar-refractivity contribution in [2.75, 3.05) is 0 Å². The SMILES string of the molecule is FC(F)(F)c1ccc(C2=Cc3c(cccc3C3=CC=CC=CN3)C2)cc1. The summed E-state index contributed by atoms with van der Waals surface area (Å²) >= 11 is 0. The van der Waals surface area contributed by atoms with Crippen LogP contribution in [0.2, 0.25) is 0 Å². The van der Waals surface area contributed by atoms with E-state index in [0.717, 1.165) is 40.1 Å². The highest BCUT2D eigenvalue weighted by molar-refractivity contribution is 5.92. The van der Waals surface area contributed by atoms with Crippen LogP contribution in [0.4, 0.5) is 13.2 Å². The summed E-state index contributed by atoms with van der Waals surface area (Å²) < 4.78 is 38.3. The van der Waals surface area contributed by atoms with Crippen LogP contribution < -0.4 is 5.32 Å². The number of allylic oxidation sites excluding steroid dienone is 5. The second-order valence-corrected chi connectivity index (χ2v) is 6.27. The van der Waals surface area contributed by atoms with E-state index >= 15 is 0 Å². The Kier molecular flexibility index (Phi) is 4.03. The Morgan fingerprint density at radius 3 is 2.46 bits per heavy atom. The number of hydrogen-bond acceptors (Lipinski definition) is 1. The molecule has 0 fully saturated rings. The molecule has 0 saturated carbocycles. The molecule has 1 heterocycles. The van der Waals surface area contributed by atoms with Gasteiger partial charge in [-0.15, -0.1) is 0 Å². The maximum absolute atomic E-state index is 12.8. The van der Waals surface area contributed by atoms with Crippen LogP contribution in [0.1, 0.15) is 27.8 Å². The van der Waals surface area contributed by atoms with Crippen LogP contribution in [0.15, 0.2) is 73.0 Å². The minimum atomic E-state index is -4.31. The number of halogens is 3. The van der Waals surface area contributed by atoms with E-state index in [1.165, 1.54) is 5.56 Å². The Bertz CT molecular complexity index is 958. The number of rotatable bonds is 2. The molecule has 0 aromatic heterocycles. The molecule has 0 atom stereocenters. The lowest BCUT2D eigenvalue weighted by atomic mass is 10.00. The summed E-state index contributed by atoms with van der Waals surface area (Å²) in [5, 5.41) is 3.27. The number of fused-ring (bicyclic) bond motifs is 1. The molecular weight excluding hydrogens is 335 g/mol. The molecule has 2 aliphatic rings. The Hall–Kier alpha value is -3.01. The molecule has 0 saturated heterocycles. The number of nitrogens with one attached hydrogen (secondary N) is 1. The van der Waals surface area contributed by atoms with Crippen LogP contribution in [-0.2, 0) is 12.6 Å². The summed E-state index contributed by atoms with van der Waals surface area (Å²) in [4.78, 5) is 0. The molecule has 130 valence electrons. The first kappa shape index (κ1) is 16.5. The fourth-order valence-corrected chi connectivity index (χ4v) is 3.29. The Balaban J connectivity index is 1.69. The average Bonchev–Trinajstić information content (AvgIpc) is 2.88. The van der Waals surface area contributed by atoms with E-state index in [9.17, 15) is 13.2 Å². The summed E-state index contributed by atoms with van der Waals surface area (Å²) in [6, 6.07) is 11.5. The van der Waals surface area contributed by atoms with Crippen molar-refractivity contribution in [3.63, 3.8) is 0 Å². The summed E-state index contributed by atoms with van der Waals surface area (Å²) in [6.45, 7) is 0. The van der Waals surface area contributed by atoms with E-state index in [1.54, 1.807) is 12.1 Å². The molecule has 4 rings (SSSR count). The van der Waals surface area contributed by atoms with Gasteiger partial charge >= 0.3 is 6.18 Å². The highest BCUT2D eigenvalue weighted by Gasteiger charge is 2.30. The maximum Gasteiger partial charge on any atom is 0.416 e. The molecule has 1 aliphatic carbocycles. The van der Waals surface area contributed by atoms with Gasteiger partial charge in [-0.1, -0.05) is 42.5 Å². The van der Waals surface area contributed by atoms with Crippen molar-refractivity contribution in [3.05, 3.63) is 101 Å². The van der Waals surface area contributed by atoms with Gasteiger partial charge in [0, 0.05) is 17.5 Å². The number of alkyl halides is 3. The zero-order valence-electron chi connectivity index (χ0n) is 13.8. The zero-order valence-corrected chi connectivity index (χ0v) is 13.8. The molecule has 4 heteroatoms. The fourth-order valence-electron chi connectivity index (χ4n) is 3.29. The third kappa shape index (κ3) is 3.10. The monoisotopic (exact) mass is 351 g/mol. The van der Waals surface area contributed by atoms with Gasteiger partial charge in [-0.05, 0) is 59.0 Å². The first-order chi connectivity index (χ1) is 12.5. The molecule has 2 aromatic rings. The minimum Gasteiger partial charge on any atom is -0.361 e. The lowest BCUT2D eigenvalue weighted by Gasteiger charge is -2.11. The third-order valence-corrected chi connectivity index (χ3v) is 4.59. The van der Waals surface area contributed by atoms with Crippen LogP contribution in [-0.4, -0.2) is 0 Å². The standard InChI is InChI=1S/C22H16F3N/c23-22(24,25)18-10-8-15(9-11-18)17-13-16-5-4-6-19(20(16)14-17)21-7-2-1-3-12-26-21/h1-12,14,26H,13H2. The normalized spacial score (nSPS) is 15.8. The van der Waals surface area contributed by atoms with E-state index in [2.05, 4.69) is 23.5 Å². The molecule has 0 amide bonds. The van der Waals surface area contributed by atoms with E-state index in [-0.39, 0.29) is 0 Å². The Morgan fingerprint density at radius 1 is 0.885 bits per heavy atom. The first-order valence-electron chi connectivity index (χ1n) is 8.33. The largest absolute Gasteiger partial charge is 0.416 e. The molecule has 0 spiro atoms. The second-order valence-electron chi connectivity index (χ2n) is 6.27. The van der Waals surface area contributed by atoms with Gasteiger partial charge in [-0.2, -0.15) is 13.2 Å². The van der Waals surface area contributed by atoms with Gasteiger partial charge in [0.1, 0.15) is 0 Å². The van der Waals surface area contributed by atoms with Gasteiger partial charge in [0.25, 0.3) is 0 Å². The van der Waals surface area contributed by atoms with Gasteiger partial charge in [0.2, 0.25) is 0 Å². The smallest absolute Gasteiger partial charge is 0.361 e. The molecule has 1 nitrogen and oxygen atoms in total. The van der Waals surface area contributed by atoms with Gasteiger partial charge in [-0.25, -0.2) is 0 Å². The van der Waals surface area contributed by atoms with Crippen molar-refractivity contribution in [1.82, 2.24) is 5.32 Å². The molecule has 26 heavy (non-hydrogen) atoms. The predicted octanol–water partition coefficient (Wildman–Crippen LogP) is 5.82.